The molecule has 24 nitrogen and oxygen atoms in total. The Morgan fingerprint density at radius 3 is 0.622 bits per heavy atom. The van der Waals surface area contributed by atoms with Crippen molar-refractivity contribution in [2.24, 2.45) is 0 Å². The van der Waals surface area contributed by atoms with Crippen LogP contribution in [0.25, 0.3) is 0 Å². The Morgan fingerprint density at radius 2 is 0.444 bits per heavy atom. The summed E-state index contributed by atoms with van der Waals surface area (Å²) >= 11 is 0. The van der Waals surface area contributed by atoms with Gasteiger partial charge in [-0.25, -0.2) is 0 Å². The van der Waals surface area contributed by atoms with Crippen LogP contribution in [0.5, 0.6) is 0 Å². The number of unbranched alkanes of at least 4 members (excludes halogenated alkanes) is 3. The highest BCUT2D eigenvalue weighted by Gasteiger charge is 2.53. The van der Waals surface area contributed by atoms with Crippen LogP contribution >= 0.6 is 0 Å². The molecule has 0 atom stereocenters. The van der Waals surface area contributed by atoms with Gasteiger partial charge < -0.3 is 31.1 Å². The first kappa shape index (κ1) is 72.2. The largest absolute Gasteiger partial charge is 0.351 e. The third-order valence-electron chi connectivity index (χ3n) is 21.0. The fourth-order valence-corrected chi connectivity index (χ4v) is 18.1. The Hall–Kier alpha value is -3.66. The maximum absolute atomic E-state index is 14.0. The van der Waals surface area contributed by atoms with E-state index < -0.39 is 66.5 Å². The molecule has 508 valence electrons. The summed E-state index contributed by atoms with van der Waals surface area (Å²) < 4.78 is 0. The summed E-state index contributed by atoms with van der Waals surface area (Å²) in [5, 5.41) is 105. The lowest BCUT2D eigenvalue weighted by Crippen LogP contribution is -2.62. The monoisotopic (exact) mass is 1260 g/mol. The number of hydrogen-bond donors (Lipinski definition) is 4. The van der Waals surface area contributed by atoms with Gasteiger partial charge in [0.25, 0.3) is 0 Å². The molecule has 6 aliphatic rings. The molecule has 0 unspecified atom stereocenters. The van der Waals surface area contributed by atoms with E-state index in [-0.39, 0.29) is 36.3 Å². The van der Waals surface area contributed by atoms with E-state index in [0.29, 0.717) is 126 Å². The van der Waals surface area contributed by atoms with Crippen molar-refractivity contribution < 1.29 is 31.2 Å². The number of piperidine rings is 6. The van der Waals surface area contributed by atoms with Gasteiger partial charge in [0.15, 0.2) is 0 Å². The van der Waals surface area contributed by atoms with Gasteiger partial charge in [0, 0.05) is 116 Å². The first-order chi connectivity index (χ1) is 40.9. The molecular weight excluding hydrogens is 1140 g/mol. The van der Waals surface area contributed by atoms with Gasteiger partial charge in [0.05, 0.1) is 0 Å². The predicted octanol–water partition coefficient (Wildman–Crippen LogP) is 11.8. The highest BCUT2D eigenvalue weighted by molar-refractivity contribution is 5.48. The highest BCUT2D eigenvalue weighted by atomic mass is 16.5. The topological polar surface area (TPSA) is 271 Å². The van der Waals surface area contributed by atoms with Gasteiger partial charge in [0.1, 0.15) is 0 Å². The fourth-order valence-electron chi connectivity index (χ4n) is 18.1. The van der Waals surface area contributed by atoms with E-state index in [1.807, 2.05) is 166 Å². The van der Waals surface area contributed by atoms with E-state index in [4.69, 9.17) is 29.9 Å². The van der Waals surface area contributed by atoms with Crippen molar-refractivity contribution in [2.45, 2.75) is 372 Å². The first-order valence-corrected chi connectivity index (χ1v) is 33.9. The molecule has 0 amide bonds. The quantitative estimate of drug-likeness (QED) is 0.0952. The van der Waals surface area contributed by atoms with Gasteiger partial charge in [0.2, 0.25) is 35.7 Å². The molecule has 8 heterocycles. The molecule has 0 saturated carbocycles. The zero-order chi connectivity index (χ0) is 67.3. The average molecular weight is 1260 g/mol. The van der Waals surface area contributed by atoms with Crippen molar-refractivity contribution in [1.29, 1.82) is 0 Å². The lowest BCUT2D eigenvalue weighted by molar-refractivity contribution is -0.289. The van der Waals surface area contributed by atoms with E-state index in [0.717, 1.165) is 25.7 Å². The minimum absolute atomic E-state index is 0.107. The molecule has 24 heteroatoms. The van der Waals surface area contributed by atoms with Crippen molar-refractivity contribution >= 4 is 35.7 Å². The maximum Gasteiger partial charge on any atom is 0.232 e. The second-order valence-corrected chi connectivity index (χ2v) is 36.0. The summed E-state index contributed by atoms with van der Waals surface area (Å²) in [6, 6.07) is -0.663. The van der Waals surface area contributed by atoms with Crippen molar-refractivity contribution in [1.82, 2.24) is 60.3 Å². The van der Waals surface area contributed by atoms with Crippen LogP contribution in [-0.4, -0.2) is 176 Å². The molecule has 0 aliphatic carbocycles. The summed E-state index contributed by atoms with van der Waals surface area (Å²) in [6.07, 6.45) is 10.2. The van der Waals surface area contributed by atoms with Crippen molar-refractivity contribution in [3.05, 3.63) is 0 Å². The number of hydrogen-bond acceptors (Lipinski definition) is 18. The molecule has 6 saturated heterocycles. The third kappa shape index (κ3) is 15.7. The maximum atomic E-state index is 14.0. The molecule has 2 aromatic rings. The van der Waals surface area contributed by atoms with E-state index in [9.17, 15) is 31.2 Å². The number of anilines is 6. The number of hydroxylamine groups is 12. The summed E-state index contributed by atoms with van der Waals surface area (Å²) in [4.78, 5) is 35.9. The smallest absolute Gasteiger partial charge is 0.232 e. The van der Waals surface area contributed by atoms with E-state index >= 15 is 0 Å². The molecule has 0 aromatic carbocycles. The van der Waals surface area contributed by atoms with Crippen LogP contribution in [0.1, 0.15) is 269 Å². The number of aromatic nitrogens is 6. The summed E-state index contributed by atoms with van der Waals surface area (Å²) in [6.45, 7) is 49.2. The zero-order valence-electron chi connectivity index (χ0n) is 59.9. The van der Waals surface area contributed by atoms with Gasteiger partial charge in [-0.1, -0.05) is 12.8 Å². The van der Waals surface area contributed by atoms with Crippen molar-refractivity contribution in [3.63, 3.8) is 0 Å². The van der Waals surface area contributed by atoms with Gasteiger partial charge in [-0.15, -0.1) is 61.6 Å². The standard InChI is InChI=1S/C66H118N18O6/c1-55(2)31-43(32-56(3,4)79(55)85)67-49-71-50(68-44-33-57(5,6)80(86)58(7,8)34-44)74-53(73-49)77(47-39-63(17,18)83(89)64(19,20)40-47)29-27-25-26-28-30-78(48-41-65(21,22)84(90)66(23,24)42-48)54-75-51(69-45-35-59(9,10)81(87)60(11,12)36-45)72-52(76-54)70-46-37-61(13,14)82(88)62(15,16)38-46/h43-48H,25-42H2,1-24H3,(H2,67,68,71,73,74)(H2,69,70,72,75,76). The van der Waals surface area contributed by atoms with Gasteiger partial charge in [-0.3, -0.25) is 0 Å². The van der Waals surface area contributed by atoms with Crippen molar-refractivity contribution in [3.8, 4) is 0 Å². The fraction of sp³-hybridized carbons (Fsp3) is 0.909. The highest BCUT2D eigenvalue weighted by Crippen LogP contribution is 2.46. The van der Waals surface area contributed by atoms with Gasteiger partial charge in [-0.05, 0) is 256 Å². The molecule has 4 N–H and O–H groups in total. The molecule has 6 fully saturated rings. The average Bonchev–Trinajstić information content (AvgIpc) is 0.802. The Kier molecular flexibility index (Phi) is 19.9. The predicted molar refractivity (Wildman–Crippen MR) is 350 cm³/mol. The van der Waals surface area contributed by atoms with Crippen LogP contribution in [0.15, 0.2) is 0 Å². The van der Waals surface area contributed by atoms with Crippen LogP contribution in [0, 0.1) is 0 Å². The van der Waals surface area contributed by atoms with Gasteiger partial charge in [-0.2, -0.15) is 29.9 Å². The van der Waals surface area contributed by atoms with E-state index in [1.54, 1.807) is 0 Å². The van der Waals surface area contributed by atoms with Crippen molar-refractivity contribution in [2.75, 3.05) is 44.2 Å². The minimum Gasteiger partial charge on any atom is -0.351 e. The number of rotatable bonds is 19. The second-order valence-electron chi connectivity index (χ2n) is 36.0. The summed E-state index contributed by atoms with van der Waals surface area (Å²) in [5.74, 6) is 2.65. The minimum atomic E-state index is -0.690. The Bertz CT molecular complexity index is 2390. The molecule has 6 radical (unpaired) electrons. The Labute approximate surface area is 540 Å². The number of nitrogens with zero attached hydrogens (tertiary/aromatic N) is 14. The van der Waals surface area contributed by atoms with E-state index in [1.165, 1.54) is 30.4 Å². The Balaban J connectivity index is 1.11. The van der Waals surface area contributed by atoms with Crippen LogP contribution in [0.3, 0.4) is 0 Å². The lowest BCUT2D eigenvalue weighted by Gasteiger charge is -2.52. The first-order valence-electron chi connectivity index (χ1n) is 33.9. The second kappa shape index (κ2) is 24.8. The van der Waals surface area contributed by atoms with Crippen LogP contribution in [0.2, 0.25) is 0 Å². The zero-order valence-corrected chi connectivity index (χ0v) is 59.9. The third-order valence-corrected chi connectivity index (χ3v) is 21.0. The Morgan fingerprint density at radius 1 is 0.278 bits per heavy atom. The summed E-state index contributed by atoms with van der Waals surface area (Å²) in [5.41, 5.74) is -7.87. The molecule has 90 heavy (non-hydrogen) atoms. The molecule has 2 aromatic heterocycles. The van der Waals surface area contributed by atoms with E-state index in [2.05, 4.69) is 31.1 Å². The van der Waals surface area contributed by atoms with Crippen LogP contribution < -0.4 is 31.1 Å². The lowest BCUT2D eigenvalue weighted by atomic mass is 9.78. The SMILES string of the molecule is CC1(C)CC(Nc2nc(NC3CC(C)(C)N([O])C(C)(C)C3)nc(N(CCCCCCN(c3nc(NC4CC(C)(C)N([O])C(C)(C)C4)nc(NC4CC(C)(C)N([O])C(C)(C)C4)n3)C3CC(C)(C)N([O])C(C)(C)C3)C3CC(C)(C)N([O])C(C)(C)C3)n2)CC(C)(C)N1[O]. The molecule has 6 aliphatic heterocycles. The summed E-state index contributed by atoms with van der Waals surface area (Å²) in [7, 11) is 0. The molecule has 0 spiro atoms. The normalized spacial score (nSPS) is 27.5. The number of nitrogens with one attached hydrogen (secondary N) is 4. The van der Waals surface area contributed by atoms with Crippen LogP contribution in [0.4, 0.5) is 35.7 Å². The van der Waals surface area contributed by atoms with Crippen LogP contribution in [-0.2, 0) is 31.2 Å². The molecule has 8 rings (SSSR count). The molecular formula is C66H118N18O6. The van der Waals surface area contributed by atoms with Gasteiger partial charge >= 0.3 is 0 Å². The molecule has 0 bridgehead atoms.